The Kier molecular flexibility index (Phi) is 8.62. The molecule has 0 saturated carbocycles. The normalized spacial score (nSPS) is 22.3. The second kappa shape index (κ2) is 9.97. The molecule has 0 bridgehead atoms. The van der Waals surface area contributed by atoms with Crippen LogP contribution in [-0.4, -0.2) is 61.6 Å². The summed E-state index contributed by atoms with van der Waals surface area (Å²) in [6, 6.07) is 7.25. The van der Waals surface area contributed by atoms with Gasteiger partial charge in [0.2, 0.25) is 5.91 Å². The van der Waals surface area contributed by atoms with Gasteiger partial charge < -0.3 is 26.0 Å². The maximum absolute atomic E-state index is 12.5. The average Bonchev–Trinajstić information content (AvgIpc) is 3.10. The number of primary amides is 1. The predicted molar refractivity (Wildman–Crippen MR) is 105 cm³/mol. The van der Waals surface area contributed by atoms with Gasteiger partial charge in [0.1, 0.15) is 6.10 Å². The maximum Gasteiger partial charge on any atom is 0.251 e. The number of rotatable bonds is 4. The first-order chi connectivity index (χ1) is 11.6. The molecule has 0 aromatic heterocycles. The molecular formula is C17H26Cl2N4O3. The van der Waals surface area contributed by atoms with Crippen molar-refractivity contribution in [3.8, 4) is 0 Å². The zero-order chi connectivity index (χ0) is 17.1. The molecule has 2 aliphatic heterocycles. The van der Waals surface area contributed by atoms with Crippen LogP contribution in [0.1, 0.15) is 23.2 Å². The number of halogens is 2. The van der Waals surface area contributed by atoms with Crippen molar-refractivity contribution >= 4 is 42.3 Å². The van der Waals surface area contributed by atoms with Crippen molar-refractivity contribution in [3.05, 3.63) is 29.8 Å². The summed E-state index contributed by atoms with van der Waals surface area (Å²) in [6.45, 7) is 3.33. The molecule has 0 aliphatic carbocycles. The van der Waals surface area contributed by atoms with Gasteiger partial charge in [-0.05, 0) is 37.1 Å². The van der Waals surface area contributed by atoms with Crippen molar-refractivity contribution in [2.24, 2.45) is 11.5 Å². The summed E-state index contributed by atoms with van der Waals surface area (Å²) in [7, 11) is 0. The van der Waals surface area contributed by atoms with Gasteiger partial charge in [0.15, 0.2) is 0 Å². The number of amides is 2. The molecule has 9 heteroatoms. The van der Waals surface area contributed by atoms with E-state index in [1.54, 1.807) is 12.1 Å². The van der Waals surface area contributed by atoms with Crippen LogP contribution in [0.5, 0.6) is 0 Å². The summed E-state index contributed by atoms with van der Waals surface area (Å²) < 4.78 is 5.70. The van der Waals surface area contributed by atoms with Gasteiger partial charge in [-0.3, -0.25) is 9.59 Å². The van der Waals surface area contributed by atoms with Crippen LogP contribution in [-0.2, 0) is 9.53 Å². The Morgan fingerprint density at radius 2 is 1.65 bits per heavy atom. The number of ether oxygens (including phenoxy) is 1. The average molecular weight is 405 g/mol. The Hall–Kier alpha value is -1.54. The highest BCUT2D eigenvalue weighted by atomic mass is 35.5. The van der Waals surface area contributed by atoms with E-state index in [4.69, 9.17) is 16.2 Å². The maximum atomic E-state index is 12.5. The van der Waals surface area contributed by atoms with Gasteiger partial charge in [-0.25, -0.2) is 0 Å². The summed E-state index contributed by atoms with van der Waals surface area (Å²) in [6.07, 6.45) is 1.30. The predicted octanol–water partition coefficient (Wildman–Crippen LogP) is 0.784. The molecule has 4 N–H and O–H groups in total. The Morgan fingerprint density at radius 1 is 1.04 bits per heavy atom. The van der Waals surface area contributed by atoms with Crippen molar-refractivity contribution in [3.63, 3.8) is 0 Å². The van der Waals surface area contributed by atoms with Crippen LogP contribution in [0.25, 0.3) is 0 Å². The number of piperazine rings is 1. The fourth-order valence-corrected chi connectivity index (χ4v) is 3.29. The molecule has 7 nitrogen and oxygen atoms in total. The lowest BCUT2D eigenvalue weighted by Gasteiger charge is -2.37. The van der Waals surface area contributed by atoms with Gasteiger partial charge in [0.05, 0.1) is 6.10 Å². The first-order valence-electron chi connectivity index (χ1n) is 8.37. The topological polar surface area (TPSA) is 102 Å². The minimum absolute atomic E-state index is 0. The molecule has 0 spiro atoms. The van der Waals surface area contributed by atoms with E-state index in [1.165, 1.54) is 0 Å². The first kappa shape index (κ1) is 22.5. The highest BCUT2D eigenvalue weighted by molar-refractivity contribution is 5.93. The molecule has 2 heterocycles. The summed E-state index contributed by atoms with van der Waals surface area (Å²) in [4.78, 5) is 27.7. The van der Waals surface area contributed by atoms with Crippen LogP contribution in [0, 0.1) is 0 Å². The van der Waals surface area contributed by atoms with Crippen LogP contribution in [0.2, 0.25) is 0 Å². The minimum Gasteiger partial charge on any atom is -0.368 e. The molecule has 2 aliphatic rings. The Balaban J connectivity index is 0.00000169. The fraction of sp³-hybridized carbons (Fsp3) is 0.529. The number of nitrogens with zero attached hydrogens (tertiary/aromatic N) is 2. The molecule has 0 radical (unpaired) electrons. The minimum atomic E-state index is -0.427. The third-order valence-corrected chi connectivity index (χ3v) is 4.75. The number of hydrogen-bond donors (Lipinski definition) is 2. The summed E-state index contributed by atoms with van der Waals surface area (Å²) >= 11 is 0. The lowest BCUT2D eigenvalue weighted by Crippen LogP contribution is -2.51. The van der Waals surface area contributed by atoms with E-state index in [-0.39, 0.29) is 42.9 Å². The van der Waals surface area contributed by atoms with E-state index in [1.807, 2.05) is 17.0 Å². The molecule has 1 aromatic carbocycles. The third kappa shape index (κ3) is 5.01. The van der Waals surface area contributed by atoms with Gasteiger partial charge in [-0.2, -0.15) is 0 Å². The van der Waals surface area contributed by atoms with Crippen molar-refractivity contribution < 1.29 is 14.3 Å². The summed E-state index contributed by atoms with van der Waals surface area (Å²) in [5.41, 5.74) is 12.4. The number of benzene rings is 1. The number of carbonyl (C=O) groups excluding carboxylic acids is 2. The van der Waals surface area contributed by atoms with E-state index in [0.29, 0.717) is 25.2 Å². The van der Waals surface area contributed by atoms with Crippen molar-refractivity contribution in [2.45, 2.75) is 25.0 Å². The zero-order valence-electron chi connectivity index (χ0n) is 14.5. The number of hydrogen-bond acceptors (Lipinski definition) is 5. The Labute approximate surface area is 165 Å². The van der Waals surface area contributed by atoms with Crippen LogP contribution in [0.3, 0.4) is 0 Å². The molecule has 2 amide bonds. The van der Waals surface area contributed by atoms with Crippen LogP contribution in [0.15, 0.2) is 24.3 Å². The molecule has 26 heavy (non-hydrogen) atoms. The Morgan fingerprint density at radius 3 is 2.15 bits per heavy atom. The molecule has 1 aromatic rings. The molecular weight excluding hydrogens is 379 g/mol. The fourth-order valence-electron chi connectivity index (χ4n) is 3.29. The molecule has 0 unspecified atom stereocenters. The van der Waals surface area contributed by atoms with Gasteiger partial charge in [0.25, 0.3) is 5.91 Å². The second-order valence-corrected chi connectivity index (χ2v) is 6.28. The lowest BCUT2D eigenvalue weighted by atomic mass is 10.1. The largest absolute Gasteiger partial charge is 0.368 e. The van der Waals surface area contributed by atoms with E-state index < -0.39 is 5.91 Å². The molecule has 146 valence electrons. The Bertz CT molecular complexity index is 607. The number of carbonyl (C=O) groups is 2. The first-order valence-corrected chi connectivity index (χ1v) is 8.37. The van der Waals surface area contributed by atoms with Gasteiger partial charge in [-0.15, -0.1) is 24.8 Å². The summed E-state index contributed by atoms with van der Waals surface area (Å²) in [5, 5.41) is 0. The van der Waals surface area contributed by atoms with Crippen LogP contribution < -0.4 is 16.4 Å². The zero-order valence-corrected chi connectivity index (χ0v) is 16.1. The van der Waals surface area contributed by atoms with Crippen molar-refractivity contribution in [1.82, 2.24) is 4.90 Å². The smallest absolute Gasteiger partial charge is 0.251 e. The number of nitrogens with two attached hydrogens (primary N) is 2. The highest BCUT2D eigenvalue weighted by Crippen LogP contribution is 2.22. The quantitative estimate of drug-likeness (QED) is 0.771. The van der Waals surface area contributed by atoms with E-state index >= 15 is 0 Å². The summed E-state index contributed by atoms with van der Waals surface area (Å²) in [5.74, 6) is -0.348. The van der Waals surface area contributed by atoms with Gasteiger partial charge in [-0.1, -0.05) is 0 Å². The SMILES string of the molecule is Cl.Cl.NC[C@H]1CC[C@@H](C(=O)N2CCN(c3ccc(C(N)=O)cc3)CC2)O1. The van der Waals surface area contributed by atoms with Gasteiger partial charge >= 0.3 is 0 Å². The van der Waals surface area contributed by atoms with Crippen LogP contribution in [0.4, 0.5) is 5.69 Å². The molecule has 2 saturated heterocycles. The molecule has 2 atom stereocenters. The van der Waals surface area contributed by atoms with Crippen LogP contribution >= 0.6 is 24.8 Å². The highest BCUT2D eigenvalue weighted by Gasteiger charge is 2.34. The van der Waals surface area contributed by atoms with Crippen molar-refractivity contribution in [1.29, 1.82) is 0 Å². The van der Waals surface area contributed by atoms with E-state index in [2.05, 4.69) is 4.90 Å². The van der Waals surface area contributed by atoms with Crippen molar-refractivity contribution in [2.75, 3.05) is 37.6 Å². The molecule has 3 rings (SSSR count). The third-order valence-electron chi connectivity index (χ3n) is 4.75. The second-order valence-electron chi connectivity index (χ2n) is 6.28. The van der Waals surface area contributed by atoms with E-state index in [0.717, 1.165) is 31.6 Å². The van der Waals surface area contributed by atoms with E-state index in [9.17, 15) is 9.59 Å². The van der Waals surface area contributed by atoms with Gasteiger partial charge in [0, 0.05) is 44.0 Å². The monoisotopic (exact) mass is 404 g/mol. The number of anilines is 1. The standard InChI is InChI=1S/C17H24N4O3.2ClH/c18-11-14-5-6-15(24-14)17(23)21-9-7-20(8-10-21)13-3-1-12(2-4-13)16(19)22;;/h1-4,14-15H,5-11,18H2,(H2,19,22);2*1H/t14-,15+;;/m1../s1. The molecule has 2 fully saturated rings. The lowest BCUT2D eigenvalue weighted by molar-refractivity contribution is -0.143.